The van der Waals surface area contributed by atoms with Crippen LogP contribution in [0.15, 0.2) is 48.0 Å². The minimum absolute atomic E-state index is 0.00540. The Labute approximate surface area is 115 Å². The van der Waals surface area contributed by atoms with Gasteiger partial charge in [-0.1, -0.05) is 6.58 Å². The van der Waals surface area contributed by atoms with Gasteiger partial charge in [0.15, 0.2) is 0 Å². The van der Waals surface area contributed by atoms with Crippen LogP contribution in [-0.4, -0.2) is 23.5 Å². The van der Waals surface area contributed by atoms with Crippen molar-refractivity contribution in [1.82, 2.24) is 3.97 Å². The Morgan fingerprint density at radius 2 is 2.05 bits per heavy atom. The molecule has 0 spiro atoms. The molecule has 0 amide bonds. The molecule has 0 bridgehead atoms. The fraction of sp³-hybridized carbons (Fsp3) is 0. The van der Waals surface area contributed by atoms with Crippen molar-refractivity contribution < 1.29 is 18.3 Å². The van der Waals surface area contributed by atoms with Gasteiger partial charge >= 0.3 is 5.97 Å². The van der Waals surface area contributed by atoms with E-state index in [-0.39, 0.29) is 16.1 Å². The molecular formula is C13H10N2O4S. The molecule has 0 unspecified atom stereocenters. The highest BCUT2D eigenvalue weighted by Gasteiger charge is 2.28. The van der Waals surface area contributed by atoms with Gasteiger partial charge < -0.3 is 10.4 Å². The molecule has 0 fully saturated rings. The number of carbonyl (C=O) groups is 1. The molecule has 6 nitrogen and oxygen atoms in total. The van der Waals surface area contributed by atoms with Crippen molar-refractivity contribution in [3.05, 3.63) is 54.4 Å². The van der Waals surface area contributed by atoms with Crippen molar-refractivity contribution in [2.75, 3.05) is 5.32 Å². The van der Waals surface area contributed by atoms with Gasteiger partial charge in [-0.15, -0.1) is 0 Å². The summed E-state index contributed by atoms with van der Waals surface area (Å²) in [5.74, 6) is -1.12. The highest BCUT2D eigenvalue weighted by molar-refractivity contribution is 7.90. The number of carboxylic acid groups (broad SMARTS) is 1. The summed E-state index contributed by atoms with van der Waals surface area (Å²) in [6, 6.07) is 7.06. The molecule has 7 heteroatoms. The van der Waals surface area contributed by atoms with E-state index in [0.717, 1.165) is 3.97 Å². The van der Waals surface area contributed by atoms with Gasteiger partial charge in [0.05, 0.1) is 22.6 Å². The number of hydrogen-bond donors (Lipinski definition) is 2. The third kappa shape index (κ3) is 1.64. The summed E-state index contributed by atoms with van der Waals surface area (Å²) in [4.78, 5) is 11.0. The predicted molar refractivity (Wildman–Crippen MR) is 73.1 cm³/mol. The monoisotopic (exact) mass is 290 g/mol. The van der Waals surface area contributed by atoms with Gasteiger partial charge in [0.25, 0.3) is 10.0 Å². The van der Waals surface area contributed by atoms with E-state index in [1.807, 2.05) is 0 Å². The van der Waals surface area contributed by atoms with Gasteiger partial charge in [0.2, 0.25) is 0 Å². The number of nitrogens with one attached hydrogen (secondary N) is 1. The van der Waals surface area contributed by atoms with Crippen molar-refractivity contribution in [2.45, 2.75) is 4.90 Å². The summed E-state index contributed by atoms with van der Waals surface area (Å²) >= 11 is 0. The van der Waals surface area contributed by atoms with E-state index in [1.54, 1.807) is 12.1 Å². The summed E-state index contributed by atoms with van der Waals surface area (Å²) in [7, 11) is -3.77. The third-order valence-corrected chi connectivity index (χ3v) is 4.82. The molecule has 0 saturated heterocycles. The van der Waals surface area contributed by atoms with Crippen molar-refractivity contribution in [3.8, 4) is 0 Å². The Kier molecular flexibility index (Phi) is 2.48. The number of anilines is 1. The average Bonchev–Trinajstić information content (AvgIpc) is 2.85. The zero-order valence-corrected chi connectivity index (χ0v) is 11.0. The van der Waals surface area contributed by atoms with Gasteiger partial charge in [0.1, 0.15) is 4.90 Å². The molecule has 2 heterocycles. The Balaban J connectivity index is 2.32. The number of carboxylic acids is 1. The second kappa shape index (κ2) is 3.97. The van der Waals surface area contributed by atoms with Crippen LogP contribution in [0.4, 0.5) is 5.69 Å². The van der Waals surface area contributed by atoms with Crippen LogP contribution in [-0.2, 0) is 10.0 Å². The molecule has 0 aliphatic carbocycles. The van der Waals surface area contributed by atoms with E-state index in [4.69, 9.17) is 5.11 Å². The third-order valence-electron chi connectivity index (χ3n) is 3.07. The molecule has 1 aliphatic heterocycles. The van der Waals surface area contributed by atoms with Crippen LogP contribution >= 0.6 is 0 Å². The van der Waals surface area contributed by atoms with Gasteiger partial charge in [-0.2, -0.15) is 0 Å². The topological polar surface area (TPSA) is 88.4 Å². The molecule has 1 aromatic heterocycles. The summed E-state index contributed by atoms with van der Waals surface area (Å²) < 4.78 is 26.2. The van der Waals surface area contributed by atoms with Crippen molar-refractivity contribution in [3.63, 3.8) is 0 Å². The first-order chi connectivity index (χ1) is 9.41. The minimum Gasteiger partial charge on any atom is -0.478 e. The van der Waals surface area contributed by atoms with Crippen LogP contribution in [0.5, 0.6) is 0 Å². The molecule has 102 valence electrons. The number of benzene rings is 1. The lowest BCUT2D eigenvalue weighted by Gasteiger charge is -2.08. The molecule has 2 aromatic rings. The van der Waals surface area contributed by atoms with Crippen molar-refractivity contribution in [2.24, 2.45) is 0 Å². The normalized spacial score (nSPS) is 15.7. The molecular weight excluding hydrogens is 280 g/mol. The van der Waals surface area contributed by atoms with E-state index in [1.165, 1.54) is 24.4 Å². The second-order valence-corrected chi connectivity index (χ2v) is 6.10. The van der Waals surface area contributed by atoms with Crippen LogP contribution in [0.1, 0.15) is 16.1 Å². The lowest BCUT2D eigenvalue weighted by Crippen LogP contribution is -2.12. The fourth-order valence-corrected chi connectivity index (χ4v) is 3.63. The molecule has 20 heavy (non-hydrogen) atoms. The first kappa shape index (κ1) is 12.5. The largest absolute Gasteiger partial charge is 0.478 e. The molecule has 1 aliphatic rings. The summed E-state index contributed by atoms with van der Waals surface area (Å²) in [5.41, 5.74) is 1.02. The lowest BCUT2D eigenvalue weighted by atomic mass is 10.2. The first-order valence-corrected chi connectivity index (χ1v) is 7.12. The Morgan fingerprint density at radius 1 is 1.30 bits per heavy atom. The molecule has 1 aromatic carbocycles. The number of hydrogen-bond acceptors (Lipinski definition) is 4. The Morgan fingerprint density at radius 3 is 2.75 bits per heavy atom. The van der Waals surface area contributed by atoms with Crippen LogP contribution in [0, 0.1) is 0 Å². The minimum atomic E-state index is -3.77. The van der Waals surface area contributed by atoms with Gasteiger partial charge in [-0.3, -0.25) is 0 Å². The highest BCUT2D eigenvalue weighted by atomic mass is 32.2. The molecule has 3 rings (SSSR count). The standard InChI is InChI=1S/C13H10N2O4S/c1-8-11-3-2-6-15(11)20(18,19)12-5-4-9(13(16)17)7-10(12)14-8/h2-7,14H,1H2,(H,16,17). The van der Waals surface area contributed by atoms with Crippen molar-refractivity contribution >= 4 is 27.4 Å². The summed E-state index contributed by atoms with van der Waals surface area (Å²) in [5, 5.41) is 11.8. The van der Waals surface area contributed by atoms with Gasteiger partial charge in [0, 0.05) is 6.20 Å². The van der Waals surface area contributed by atoms with Crippen LogP contribution in [0.25, 0.3) is 5.70 Å². The number of nitrogens with zero attached hydrogens (tertiary/aromatic N) is 1. The number of aromatic carboxylic acids is 1. The molecule has 0 atom stereocenters. The zero-order chi connectivity index (χ0) is 14.5. The number of fused-ring (bicyclic) bond motifs is 2. The van der Waals surface area contributed by atoms with Crippen LogP contribution in [0.3, 0.4) is 0 Å². The van der Waals surface area contributed by atoms with E-state index in [2.05, 4.69) is 11.9 Å². The molecule has 0 saturated carbocycles. The number of rotatable bonds is 1. The Bertz CT molecular complexity index is 849. The van der Waals surface area contributed by atoms with E-state index >= 15 is 0 Å². The lowest BCUT2D eigenvalue weighted by molar-refractivity contribution is 0.0697. The maximum absolute atomic E-state index is 12.5. The maximum atomic E-state index is 12.5. The van der Waals surface area contributed by atoms with E-state index in [0.29, 0.717) is 11.4 Å². The van der Waals surface area contributed by atoms with Gasteiger partial charge in [-0.25, -0.2) is 17.2 Å². The first-order valence-electron chi connectivity index (χ1n) is 5.68. The predicted octanol–water partition coefficient (Wildman–Crippen LogP) is 1.82. The van der Waals surface area contributed by atoms with Gasteiger partial charge in [-0.05, 0) is 30.3 Å². The fourth-order valence-electron chi connectivity index (χ4n) is 2.13. The smallest absolute Gasteiger partial charge is 0.335 e. The second-order valence-electron chi connectivity index (χ2n) is 4.31. The van der Waals surface area contributed by atoms with E-state index < -0.39 is 16.0 Å². The highest BCUT2D eigenvalue weighted by Crippen LogP contribution is 2.33. The Hall–Kier alpha value is -2.54. The van der Waals surface area contributed by atoms with Crippen molar-refractivity contribution in [1.29, 1.82) is 0 Å². The molecule has 0 radical (unpaired) electrons. The molecule has 2 N–H and O–H groups in total. The van der Waals surface area contributed by atoms with Crippen LogP contribution in [0.2, 0.25) is 0 Å². The quantitative estimate of drug-likeness (QED) is 0.836. The van der Waals surface area contributed by atoms with E-state index in [9.17, 15) is 13.2 Å². The zero-order valence-electron chi connectivity index (χ0n) is 10.2. The summed E-state index contributed by atoms with van der Waals surface area (Å²) in [6.07, 6.45) is 1.43. The average molecular weight is 290 g/mol. The summed E-state index contributed by atoms with van der Waals surface area (Å²) in [6.45, 7) is 3.78. The van der Waals surface area contributed by atoms with Crippen LogP contribution < -0.4 is 5.32 Å². The maximum Gasteiger partial charge on any atom is 0.335 e. The number of aromatic nitrogens is 1. The SMILES string of the molecule is C=C1Nc2cc(C(=O)O)ccc2S(=O)(=O)n2cccc21.